The van der Waals surface area contributed by atoms with E-state index < -0.39 is 0 Å². The first-order valence-electron chi connectivity index (χ1n) is 5.99. The van der Waals surface area contributed by atoms with E-state index in [-0.39, 0.29) is 0 Å². The van der Waals surface area contributed by atoms with Gasteiger partial charge in [0.25, 0.3) is 0 Å². The zero-order chi connectivity index (χ0) is 12.0. The van der Waals surface area contributed by atoms with Gasteiger partial charge in [0.1, 0.15) is 5.75 Å². The fourth-order valence-corrected chi connectivity index (χ4v) is 1.67. The lowest BCUT2D eigenvalue weighted by molar-refractivity contribution is 0.337. The Morgan fingerprint density at radius 3 is 2.38 bits per heavy atom. The molecule has 90 valence electrons. The highest BCUT2D eigenvalue weighted by molar-refractivity contribution is 5.29. The van der Waals surface area contributed by atoms with Crippen LogP contribution in [0.5, 0.6) is 5.75 Å². The highest BCUT2D eigenvalue weighted by atomic mass is 16.5. The van der Waals surface area contributed by atoms with Crippen LogP contribution < -0.4 is 4.74 Å². The standard InChI is InChI=1S/C14H23NO/c1-5-15(3)11-10-12(2)13-6-8-14(16-4)9-7-13/h6-9,12H,5,10-11H2,1-4H3/t12-/m0/s1. The Balaban J connectivity index is 2.49. The van der Waals surface area contributed by atoms with Gasteiger partial charge in [0, 0.05) is 0 Å². The molecule has 2 heteroatoms. The lowest BCUT2D eigenvalue weighted by Crippen LogP contribution is -2.20. The monoisotopic (exact) mass is 221 g/mol. The van der Waals surface area contributed by atoms with Crippen LogP contribution in [0, 0.1) is 0 Å². The molecule has 0 aliphatic rings. The first-order chi connectivity index (χ1) is 7.67. The average molecular weight is 221 g/mol. The molecule has 0 radical (unpaired) electrons. The van der Waals surface area contributed by atoms with Gasteiger partial charge in [0.05, 0.1) is 7.11 Å². The van der Waals surface area contributed by atoms with E-state index in [9.17, 15) is 0 Å². The van der Waals surface area contributed by atoms with Gasteiger partial charge in [-0.1, -0.05) is 26.0 Å². The molecule has 0 saturated carbocycles. The molecule has 0 saturated heterocycles. The van der Waals surface area contributed by atoms with Crippen LogP contribution in [0.2, 0.25) is 0 Å². The summed E-state index contributed by atoms with van der Waals surface area (Å²) in [6.07, 6.45) is 1.21. The van der Waals surface area contributed by atoms with Crippen molar-refractivity contribution in [3.63, 3.8) is 0 Å². The minimum absolute atomic E-state index is 0.611. The van der Waals surface area contributed by atoms with Gasteiger partial charge >= 0.3 is 0 Å². The Labute approximate surface area is 99.2 Å². The summed E-state index contributed by atoms with van der Waals surface area (Å²) in [7, 11) is 3.87. The fourth-order valence-electron chi connectivity index (χ4n) is 1.67. The summed E-state index contributed by atoms with van der Waals surface area (Å²) >= 11 is 0. The molecule has 0 spiro atoms. The summed E-state index contributed by atoms with van der Waals surface area (Å²) in [4.78, 5) is 2.35. The van der Waals surface area contributed by atoms with Crippen LogP contribution in [-0.2, 0) is 0 Å². The van der Waals surface area contributed by atoms with Crippen molar-refractivity contribution < 1.29 is 4.74 Å². The summed E-state index contributed by atoms with van der Waals surface area (Å²) in [5.41, 5.74) is 1.39. The van der Waals surface area contributed by atoms with Crippen molar-refractivity contribution in [2.45, 2.75) is 26.2 Å². The predicted octanol–water partition coefficient (Wildman–Crippen LogP) is 3.14. The third kappa shape index (κ3) is 3.86. The lowest BCUT2D eigenvalue weighted by Gasteiger charge is -2.18. The predicted molar refractivity (Wildman–Crippen MR) is 69.2 cm³/mol. The SMILES string of the molecule is CCN(C)CC[C@H](C)c1ccc(OC)cc1. The van der Waals surface area contributed by atoms with Crippen molar-refractivity contribution in [1.82, 2.24) is 4.90 Å². The maximum Gasteiger partial charge on any atom is 0.118 e. The molecule has 0 bridgehead atoms. The van der Waals surface area contributed by atoms with E-state index in [4.69, 9.17) is 4.74 Å². The maximum absolute atomic E-state index is 5.16. The average Bonchev–Trinajstić information content (AvgIpc) is 2.35. The Kier molecular flexibility index (Phi) is 5.33. The Hall–Kier alpha value is -1.02. The summed E-state index contributed by atoms with van der Waals surface area (Å²) in [6.45, 7) is 6.75. The molecule has 1 rings (SSSR count). The summed E-state index contributed by atoms with van der Waals surface area (Å²) in [5.74, 6) is 1.54. The van der Waals surface area contributed by atoms with Crippen molar-refractivity contribution in [2.24, 2.45) is 0 Å². The second kappa shape index (κ2) is 6.54. The van der Waals surface area contributed by atoms with Crippen molar-refractivity contribution in [3.05, 3.63) is 29.8 Å². The first kappa shape index (κ1) is 13.0. The van der Waals surface area contributed by atoms with E-state index >= 15 is 0 Å². The molecular formula is C14H23NO. The second-order valence-corrected chi connectivity index (χ2v) is 4.36. The zero-order valence-corrected chi connectivity index (χ0v) is 10.9. The van der Waals surface area contributed by atoms with E-state index in [0.717, 1.165) is 18.8 Å². The van der Waals surface area contributed by atoms with E-state index in [1.165, 1.54) is 12.0 Å². The third-order valence-electron chi connectivity index (χ3n) is 3.17. The van der Waals surface area contributed by atoms with Gasteiger partial charge in [0.15, 0.2) is 0 Å². The smallest absolute Gasteiger partial charge is 0.118 e. The molecule has 0 heterocycles. The molecule has 0 fully saturated rings. The van der Waals surface area contributed by atoms with Crippen LogP contribution in [0.1, 0.15) is 31.7 Å². The molecule has 1 aromatic rings. The largest absolute Gasteiger partial charge is 0.497 e. The number of methoxy groups -OCH3 is 1. The lowest BCUT2D eigenvalue weighted by atomic mass is 9.97. The molecule has 2 nitrogen and oxygen atoms in total. The molecule has 0 aliphatic heterocycles. The molecule has 0 N–H and O–H groups in total. The van der Waals surface area contributed by atoms with Crippen LogP contribution in [0.4, 0.5) is 0 Å². The van der Waals surface area contributed by atoms with E-state index in [1.54, 1.807) is 7.11 Å². The van der Waals surface area contributed by atoms with Crippen LogP contribution >= 0.6 is 0 Å². The van der Waals surface area contributed by atoms with E-state index in [0.29, 0.717) is 5.92 Å². The van der Waals surface area contributed by atoms with Gasteiger partial charge in [0.2, 0.25) is 0 Å². The van der Waals surface area contributed by atoms with Gasteiger partial charge in [-0.25, -0.2) is 0 Å². The van der Waals surface area contributed by atoms with Gasteiger partial charge in [-0.3, -0.25) is 0 Å². The maximum atomic E-state index is 5.16. The highest BCUT2D eigenvalue weighted by Gasteiger charge is 2.06. The molecule has 0 aliphatic carbocycles. The molecule has 1 aromatic carbocycles. The van der Waals surface area contributed by atoms with Crippen LogP contribution in [-0.4, -0.2) is 32.1 Å². The number of ether oxygens (including phenoxy) is 1. The molecule has 16 heavy (non-hydrogen) atoms. The van der Waals surface area contributed by atoms with Gasteiger partial charge < -0.3 is 9.64 Å². The van der Waals surface area contributed by atoms with Gasteiger partial charge in [-0.2, -0.15) is 0 Å². The first-order valence-corrected chi connectivity index (χ1v) is 5.99. The number of benzene rings is 1. The number of rotatable bonds is 6. The fraction of sp³-hybridized carbons (Fsp3) is 0.571. The topological polar surface area (TPSA) is 12.5 Å². The third-order valence-corrected chi connectivity index (χ3v) is 3.17. The minimum Gasteiger partial charge on any atom is -0.497 e. The Morgan fingerprint density at radius 1 is 1.25 bits per heavy atom. The van der Waals surface area contributed by atoms with Crippen molar-refractivity contribution >= 4 is 0 Å². The van der Waals surface area contributed by atoms with Crippen LogP contribution in [0.3, 0.4) is 0 Å². The van der Waals surface area contributed by atoms with Crippen LogP contribution in [0.25, 0.3) is 0 Å². The number of hydrogen-bond acceptors (Lipinski definition) is 2. The van der Waals surface area contributed by atoms with Crippen molar-refractivity contribution in [3.8, 4) is 5.75 Å². The normalized spacial score (nSPS) is 12.8. The Morgan fingerprint density at radius 2 is 1.88 bits per heavy atom. The van der Waals surface area contributed by atoms with Crippen LogP contribution in [0.15, 0.2) is 24.3 Å². The molecule has 0 amide bonds. The second-order valence-electron chi connectivity index (χ2n) is 4.36. The minimum atomic E-state index is 0.611. The number of nitrogens with zero attached hydrogens (tertiary/aromatic N) is 1. The summed E-state index contributed by atoms with van der Waals surface area (Å²) < 4.78 is 5.16. The molecule has 1 atom stereocenters. The van der Waals surface area contributed by atoms with E-state index in [2.05, 4.69) is 37.9 Å². The highest BCUT2D eigenvalue weighted by Crippen LogP contribution is 2.21. The number of hydrogen-bond donors (Lipinski definition) is 0. The Bertz CT molecular complexity index is 294. The zero-order valence-electron chi connectivity index (χ0n) is 10.9. The van der Waals surface area contributed by atoms with E-state index in [1.807, 2.05) is 12.1 Å². The molecule has 0 aromatic heterocycles. The quantitative estimate of drug-likeness (QED) is 0.731. The molecular weight excluding hydrogens is 198 g/mol. The van der Waals surface area contributed by atoms with Gasteiger partial charge in [-0.05, 0) is 50.2 Å². The van der Waals surface area contributed by atoms with Gasteiger partial charge in [-0.15, -0.1) is 0 Å². The molecule has 0 unspecified atom stereocenters. The summed E-state index contributed by atoms with van der Waals surface area (Å²) in [6, 6.07) is 8.40. The van der Waals surface area contributed by atoms with Crippen molar-refractivity contribution in [2.75, 3.05) is 27.2 Å². The van der Waals surface area contributed by atoms with Crippen molar-refractivity contribution in [1.29, 1.82) is 0 Å². The summed E-state index contributed by atoms with van der Waals surface area (Å²) in [5, 5.41) is 0.